The highest BCUT2D eigenvalue weighted by Crippen LogP contribution is 2.35. The number of rotatable bonds is 4. The maximum absolute atomic E-state index is 11.8. The zero-order valence-electron chi connectivity index (χ0n) is 12.0. The van der Waals surface area contributed by atoms with Crippen LogP contribution in [0.5, 0.6) is 0 Å². The summed E-state index contributed by atoms with van der Waals surface area (Å²) in [5.41, 5.74) is 0.488. The molecular formula is C14H28N2O. The average Bonchev–Trinajstić information content (AvgIpc) is 2.20. The fraction of sp³-hybridized carbons (Fsp3) is 0.929. The van der Waals surface area contributed by atoms with Crippen molar-refractivity contribution in [1.82, 2.24) is 10.6 Å². The van der Waals surface area contributed by atoms with Crippen molar-refractivity contribution in [1.29, 1.82) is 0 Å². The van der Waals surface area contributed by atoms with Crippen molar-refractivity contribution in [2.24, 2.45) is 5.41 Å². The Morgan fingerprint density at radius 1 is 1.18 bits per heavy atom. The largest absolute Gasteiger partial charge is 0.353 e. The molecule has 0 radical (unpaired) electrons. The van der Waals surface area contributed by atoms with Crippen LogP contribution in [-0.4, -0.2) is 24.0 Å². The second-order valence-corrected chi connectivity index (χ2v) is 6.49. The Morgan fingerprint density at radius 3 is 2.18 bits per heavy atom. The fourth-order valence-electron chi connectivity index (χ4n) is 2.40. The van der Waals surface area contributed by atoms with E-state index in [0.29, 0.717) is 11.5 Å². The first-order chi connectivity index (χ1) is 7.80. The predicted molar refractivity (Wildman–Crippen MR) is 71.9 cm³/mol. The summed E-state index contributed by atoms with van der Waals surface area (Å²) in [4.78, 5) is 11.8. The van der Waals surface area contributed by atoms with Gasteiger partial charge < -0.3 is 10.6 Å². The molecule has 1 rings (SSSR count). The summed E-state index contributed by atoms with van der Waals surface area (Å²) in [6.07, 6.45) is 4.88. The lowest BCUT2D eigenvalue weighted by Gasteiger charge is -2.35. The second-order valence-electron chi connectivity index (χ2n) is 6.49. The highest BCUT2D eigenvalue weighted by atomic mass is 16.2. The average molecular weight is 240 g/mol. The van der Waals surface area contributed by atoms with E-state index in [4.69, 9.17) is 0 Å². The van der Waals surface area contributed by atoms with E-state index in [0.717, 1.165) is 0 Å². The summed E-state index contributed by atoms with van der Waals surface area (Å²) in [6.45, 7) is 10.6. The SMILES string of the molecule is CC(C)NC(=O)C(C)NC1CCC(C)(C)CC1. The van der Waals surface area contributed by atoms with Crippen molar-refractivity contribution in [3.05, 3.63) is 0 Å². The van der Waals surface area contributed by atoms with Crippen molar-refractivity contribution in [2.75, 3.05) is 0 Å². The molecule has 1 aliphatic carbocycles. The number of carbonyl (C=O) groups excluding carboxylic acids is 1. The normalized spacial score (nSPS) is 22.5. The zero-order chi connectivity index (χ0) is 13.1. The smallest absolute Gasteiger partial charge is 0.237 e. The summed E-state index contributed by atoms with van der Waals surface area (Å²) in [6, 6.07) is 0.650. The van der Waals surface area contributed by atoms with Crippen molar-refractivity contribution in [3.63, 3.8) is 0 Å². The Hall–Kier alpha value is -0.570. The van der Waals surface area contributed by atoms with E-state index in [1.807, 2.05) is 20.8 Å². The predicted octanol–water partition coefficient (Wildman–Crippen LogP) is 2.46. The van der Waals surface area contributed by atoms with E-state index >= 15 is 0 Å². The molecule has 0 heterocycles. The molecule has 2 N–H and O–H groups in total. The van der Waals surface area contributed by atoms with Crippen LogP contribution >= 0.6 is 0 Å². The quantitative estimate of drug-likeness (QED) is 0.792. The van der Waals surface area contributed by atoms with Gasteiger partial charge in [0.25, 0.3) is 0 Å². The number of hydrogen-bond acceptors (Lipinski definition) is 2. The van der Waals surface area contributed by atoms with E-state index in [1.165, 1.54) is 25.7 Å². The maximum Gasteiger partial charge on any atom is 0.237 e. The topological polar surface area (TPSA) is 41.1 Å². The molecule has 0 aromatic carbocycles. The van der Waals surface area contributed by atoms with E-state index in [-0.39, 0.29) is 18.0 Å². The van der Waals surface area contributed by atoms with Crippen LogP contribution in [0.4, 0.5) is 0 Å². The Labute approximate surface area is 106 Å². The van der Waals surface area contributed by atoms with Crippen LogP contribution in [0.25, 0.3) is 0 Å². The van der Waals surface area contributed by atoms with Gasteiger partial charge in [0.15, 0.2) is 0 Å². The number of amides is 1. The molecular weight excluding hydrogens is 212 g/mol. The standard InChI is InChI=1S/C14H28N2O/c1-10(2)15-13(17)11(3)16-12-6-8-14(4,5)9-7-12/h10-12,16H,6-9H2,1-5H3,(H,15,17). The molecule has 0 aromatic rings. The first kappa shape index (κ1) is 14.5. The molecule has 17 heavy (non-hydrogen) atoms. The van der Waals surface area contributed by atoms with E-state index in [2.05, 4.69) is 24.5 Å². The second kappa shape index (κ2) is 5.85. The van der Waals surface area contributed by atoms with Gasteiger partial charge in [-0.25, -0.2) is 0 Å². The molecule has 1 atom stereocenters. The van der Waals surface area contributed by atoms with E-state index < -0.39 is 0 Å². The molecule has 1 amide bonds. The van der Waals surface area contributed by atoms with Crippen LogP contribution in [0.2, 0.25) is 0 Å². The van der Waals surface area contributed by atoms with Gasteiger partial charge in [0, 0.05) is 12.1 Å². The minimum Gasteiger partial charge on any atom is -0.353 e. The highest BCUT2D eigenvalue weighted by Gasteiger charge is 2.28. The molecule has 0 bridgehead atoms. The Bertz CT molecular complexity index is 251. The Morgan fingerprint density at radius 2 is 1.71 bits per heavy atom. The lowest BCUT2D eigenvalue weighted by atomic mass is 9.75. The molecule has 0 aliphatic heterocycles. The first-order valence-corrected chi connectivity index (χ1v) is 6.86. The van der Waals surface area contributed by atoms with Crippen molar-refractivity contribution < 1.29 is 4.79 Å². The molecule has 1 unspecified atom stereocenters. The maximum atomic E-state index is 11.8. The minimum absolute atomic E-state index is 0.0800. The van der Waals surface area contributed by atoms with Crippen LogP contribution in [-0.2, 0) is 4.79 Å². The van der Waals surface area contributed by atoms with Gasteiger partial charge in [0.2, 0.25) is 5.91 Å². The third kappa shape index (κ3) is 5.07. The van der Waals surface area contributed by atoms with Crippen LogP contribution in [0.1, 0.15) is 60.3 Å². The van der Waals surface area contributed by atoms with Crippen molar-refractivity contribution in [3.8, 4) is 0 Å². The number of carbonyl (C=O) groups is 1. The summed E-state index contributed by atoms with van der Waals surface area (Å²) in [5, 5.41) is 6.40. The molecule has 100 valence electrons. The van der Waals surface area contributed by atoms with Gasteiger partial charge in [-0.1, -0.05) is 13.8 Å². The van der Waals surface area contributed by atoms with E-state index in [9.17, 15) is 4.79 Å². The van der Waals surface area contributed by atoms with Gasteiger partial charge in [0.05, 0.1) is 6.04 Å². The number of hydrogen-bond donors (Lipinski definition) is 2. The molecule has 1 fully saturated rings. The monoisotopic (exact) mass is 240 g/mol. The van der Waals surface area contributed by atoms with Crippen LogP contribution < -0.4 is 10.6 Å². The van der Waals surface area contributed by atoms with Crippen LogP contribution in [0.15, 0.2) is 0 Å². The number of nitrogens with one attached hydrogen (secondary N) is 2. The van der Waals surface area contributed by atoms with Crippen molar-refractivity contribution in [2.45, 2.75) is 78.4 Å². The third-order valence-corrected chi connectivity index (χ3v) is 3.65. The summed E-state index contributed by atoms with van der Waals surface area (Å²) in [7, 11) is 0. The van der Waals surface area contributed by atoms with E-state index in [1.54, 1.807) is 0 Å². The molecule has 1 saturated carbocycles. The lowest BCUT2D eigenvalue weighted by Crippen LogP contribution is -2.49. The summed E-state index contributed by atoms with van der Waals surface area (Å²) < 4.78 is 0. The van der Waals surface area contributed by atoms with Gasteiger partial charge in [0.1, 0.15) is 0 Å². The highest BCUT2D eigenvalue weighted by molar-refractivity contribution is 5.81. The molecule has 3 heteroatoms. The molecule has 0 spiro atoms. The van der Waals surface area contributed by atoms with Gasteiger partial charge in [-0.15, -0.1) is 0 Å². The van der Waals surface area contributed by atoms with Crippen LogP contribution in [0, 0.1) is 5.41 Å². The van der Waals surface area contributed by atoms with Gasteiger partial charge in [-0.3, -0.25) is 4.79 Å². The first-order valence-electron chi connectivity index (χ1n) is 6.86. The summed E-state index contributed by atoms with van der Waals surface area (Å²) >= 11 is 0. The third-order valence-electron chi connectivity index (χ3n) is 3.65. The Balaban J connectivity index is 2.32. The van der Waals surface area contributed by atoms with Crippen LogP contribution in [0.3, 0.4) is 0 Å². The zero-order valence-corrected chi connectivity index (χ0v) is 12.0. The van der Waals surface area contributed by atoms with Gasteiger partial charge >= 0.3 is 0 Å². The molecule has 0 aromatic heterocycles. The molecule has 3 nitrogen and oxygen atoms in total. The van der Waals surface area contributed by atoms with Crippen molar-refractivity contribution >= 4 is 5.91 Å². The van der Waals surface area contributed by atoms with Gasteiger partial charge in [-0.05, 0) is 51.9 Å². The molecule has 0 saturated heterocycles. The minimum atomic E-state index is -0.0800. The fourth-order valence-corrected chi connectivity index (χ4v) is 2.40. The summed E-state index contributed by atoms with van der Waals surface area (Å²) in [5.74, 6) is 0.116. The molecule has 1 aliphatic rings. The van der Waals surface area contributed by atoms with Gasteiger partial charge in [-0.2, -0.15) is 0 Å². The lowest BCUT2D eigenvalue weighted by molar-refractivity contribution is -0.123. The Kier molecular flexibility index (Phi) is 4.99.